The number of nitrogens with one attached hydrogen (secondary N) is 2. The van der Waals surface area contributed by atoms with Gasteiger partial charge in [0.15, 0.2) is 12.4 Å². The zero-order chi connectivity index (χ0) is 31.9. The van der Waals surface area contributed by atoms with Crippen molar-refractivity contribution in [2.45, 2.75) is 43.1 Å². The number of amides is 1. The second kappa shape index (κ2) is 10.5. The van der Waals surface area contributed by atoms with Crippen LogP contribution in [-0.4, -0.2) is 91.0 Å². The van der Waals surface area contributed by atoms with Gasteiger partial charge in [-0.2, -0.15) is 4.98 Å². The number of alkyl halides is 6. The molecule has 1 aromatic heterocycles. The van der Waals surface area contributed by atoms with Gasteiger partial charge < -0.3 is 30.1 Å². The van der Waals surface area contributed by atoms with Gasteiger partial charge >= 0.3 is 5.92 Å². The molecule has 242 valence electrons. The fourth-order valence-electron chi connectivity index (χ4n) is 6.35. The van der Waals surface area contributed by atoms with Crippen LogP contribution in [0.25, 0.3) is 5.70 Å². The number of likely N-dealkylation sites (tertiary alicyclic amines) is 1. The molecule has 2 N–H and O–H groups in total. The number of rotatable bonds is 5. The summed E-state index contributed by atoms with van der Waals surface area (Å²) in [6, 6.07) is 4.31. The number of hydrogen-bond acceptors (Lipinski definition) is 8. The molecule has 2 atom stereocenters. The molecule has 5 aliphatic rings. The highest BCUT2D eigenvalue weighted by molar-refractivity contribution is 6.32. The predicted molar refractivity (Wildman–Crippen MR) is 154 cm³/mol. The molecule has 3 fully saturated rings. The highest BCUT2D eigenvalue weighted by Gasteiger charge is 2.55. The molecule has 1 aliphatic carbocycles. The highest BCUT2D eigenvalue weighted by atomic mass is 35.5. The first-order valence-electron chi connectivity index (χ1n) is 14.7. The van der Waals surface area contributed by atoms with E-state index >= 15 is 0 Å². The molecule has 16 heteroatoms. The van der Waals surface area contributed by atoms with Gasteiger partial charge in [0.2, 0.25) is 11.9 Å². The summed E-state index contributed by atoms with van der Waals surface area (Å²) >= 11 is 6.40. The van der Waals surface area contributed by atoms with Crippen molar-refractivity contribution < 1.29 is 35.9 Å². The lowest BCUT2D eigenvalue weighted by atomic mass is 9.91. The zero-order valence-electron chi connectivity index (χ0n) is 24.1. The molecule has 1 amide bonds. The van der Waals surface area contributed by atoms with Gasteiger partial charge in [-0.1, -0.05) is 11.6 Å². The van der Waals surface area contributed by atoms with Crippen LogP contribution in [0.3, 0.4) is 0 Å². The Balaban J connectivity index is 1.13. The summed E-state index contributed by atoms with van der Waals surface area (Å²) in [6.07, 6.45) is 2.04. The molecule has 5 heterocycles. The zero-order valence-corrected chi connectivity index (χ0v) is 24.9. The van der Waals surface area contributed by atoms with E-state index in [4.69, 9.17) is 16.3 Å². The maximum Gasteiger partial charge on any atom is 0.301 e. The van der Waals surface area contributed by atoms with Crippen molar-refractivity contribution in [3.8, 4) is 0 Å². The maximum atomic E-state index is 15.0. The number of aromatic nitrogens is 2. The van der Waals surface area contributed by atoms with E-state index in [0.29, 0.717) is 29.3 Å². The van der Waals surface area contributed by atoms with Crippen LogP contribution in [0.2, 0.25) is 5.02 Å². The summed E-state index contributed by atoms with van der Waals surface area (Å²) in [5, 5.41) is 6.33. The summed E-state index contributed by atoms with van der Waals surface area (Å²) in [7, 11) is 1.84. The van der Waals surface area contributed by atoms with Crippen molar-refractivity contribution in [2.75, 3.05) is 61.5 Å². The molecular weight excluding hydrogens is 628 g/mol. The number of fused-ring (bicyclic) bond motifs is 2. The minimum Gasteiger partial charge on any atom is -0.487 e. The van der Waals surface area contributed by atoms with Crippen LogP contribution in [0, 0.1) is 11.8 Å². The van der Waals surface area contributed by atoms with E-state index in [1.807, 2.05) is 18.0 Å². The van der Waals surface area contributed by atoms with Crippen LogP contribution in [0.15, 0.2) is 30.2 Å². The molecular formula is C29H30ClF6N7O2. The quantitative estimate of drug-likeness (QED) is 0.437. The van der Waals surface area contributed by atoms with E-state index in [0.717, 1.165) is 23.4 Å². The van der Waals surface area contributed by atoms with E-state index in [1.165, 1.54) is 11.1 Å². The molecule has 2 aromatic rings. The second-order valence-electron chi connectivity index (χ2n) is 12.4. The maximum absolute atomic E-state index is 15.0. The fourth-order valence-corrected chi connectivity index (χ4v) is 6.48. The summed E-state index contributed by atoms with van der Waals surface area (Å²) in [5.41, 5.74) is 2.46. The third-order valence-corrected chi connectivity index (χ3v) is 9.26. The summed E-state index contributed by atoms with van der Waals surface area (Å²) in [4.78, 5) is 25.4. The summed E-state index contributed by atoms with van der Waals surface area (Å²) < 4.78 is 91.8. The van der Waals surface area contributed by atoms with Gasteiger partial charge in [-0.15, -0.1) is 0 Å². The number of likely N-dealkylation sites (N-methyl/N-ethyl adjacent to an activating group) is 1. The Morgan fingerprint density at radius 3 is 2.60 bits per heavy atom. The Kier molecular flexibility index (Phi) is 6.99. The average molecular weight is 658 g/mol. The van der Waals surface area contributed by atoms with E-state index in [-0.39, 0.29) is 29.3 Å². The SMILES string of the molecule is CN1CC2=C(N[C@@H](C3CC3)C(F)(F)CO2)c2cc(Nc3nc(N4CCC(F)(F)C(C(=O)N5CC(F)(F)C5)C4)ncc3Cl)ccc21. The molecule has 9 nitrogen and oxygen atoms in total. The van der Waals surface area contributed by atoms with Gasteiger partial charge in [-0.25, -0.2) is 31.3 Å². The van der Waals surface area contributed by atoms with Crippen LogP contribution in [0.1, 0.15) is 24.8 Å². The van der Waals surface area contributed by atoms with E-state index in [1.54, 1.807) is 12.1 Å². The van der Waals surface area contributed by atoms with Crippen LogP contribution in [0.5, 0.6) is 0 Å². The Bertz CT molecular complexity index is 1560. The third kappa shape index (κ3) is 5.57. The molecule has 0 spiro atoms. The molecule has 45 heavy (non-hydrogen) atoms. The van der Waals surface area contributed by atoms with Crippen LogP contribution < -0.4 is 20.4 Å². The van der Waals surface area contributed by atoms with E-state index in [9.17, 15) is 31.1 Å². The van der Waals surface area contributed by atoms with Crippen molar-refractivity contribution in [3.63, 3.8) is 0 Å². The standard InChI is InChI=1S/C29H30ClF6N7O2/c1-41-11-21-22(39-23(15-2-3-15)29(35,36)14-45-21)17-8-16(4-5-20(17)41)38-24-19(30)9-37-26(40-24)42-7-6-28(33,34)18(10-42)25(44)43-12-27(31,32)13-43/h4-5,8-9,15,18,23,39H,2-3,6-7,10-14H2,1H3,(H,37,38,40)/t18?,23-/m0/s1. The van der Waals surface area contributed by atoms with Gasteiger partial charge in [0.1, 0.15) is 16.7 Å². The Morgan fingerprint density at radius 1 is 1.13 bits per heavy atom. The largest absolute Gasteiger partial charge is 0.487 e. The Hall–Kier alpha value is -3.62. The summed E-state index contributed by atoms with van der Waals surface area (Å²) in [6.45, 7) is -2.80. The minimum atomic E-state index is -3.38. The van der Waals surface area contributed by atoms with Crippen molar-refractivity contribution in [1.29, 1.82) is 0 Å². The number of nitrogens with zero attached hydrogens (tertiary/aromatic N) is 5. The average Bonchev–Trinajstić information content (AvgIpc) is 3.81. The Morgan fingerprint density at radius 2 is 1.89 bits per heavy atom. The van der Waals surface area contributed by atoms with Crippen molar-refractivity contribution in [1.82, 2.24) is 20.2 Å². The van der Waals surface area contributed by atoms with Crippen LogP contribution >= 0.6 is 11.6 Å². The van der Waals surface area contributed by atoms with Crippen molar-refractivity contribution in [3.05, 3.63) is 40.7 Å². The number of piperidine rings is 1. The van der Waals surface area contributed by atoms with E-state index < -0.39 is 68.3 Å². The molecule has 1 unspecified atom stereocenters. The topological polar surface area (TPSA) is 85.9 Å². The molecule has 0 bridgehead atoms. The number of benzene rings is 1. The number of anilines is 4. The fraction of sp³-hybridized carbons (Fsp3) is 0.552. The monoisotopic (exact) mass is 657 g/mol. The number of hydrogen-bond donors (Lipinski definition) is 2. The van der Waals surface area contributed by atoms with Gasteiger partial charge in [0.05, 0.1) is 37.6 Å². The molecule has 1 aromatic carbocycles. The number of ether oxygens (including phenoxy) is 1. The Labute approximate surface area is 259 Å². The van der Waals surface area contributed by atoms with Crippen molar-refractivity contribution in [2.24, 2.45) is 11.8 Å². The lowest BCUT2D eigenvalue weighted by molar-refractivity contribution is -0.181. The van der Waals surface area contributed by atoms with Gasteiger partial charge in [-0.05, 0) is 37.0 Å². The molecule has 1 saturated carbocycles. The van der Waals surface area contributed by atoms with Gasteiger partial charge in [-0.3, -0.25) is 4.79 Å². The first kappa shape index (κ1) is 30.1. The molecule has 7 rings (SSSR count). The highest BCUT2D eigenvalue weighted by Crippen LogP contribution is 2.45. The van der Waals surface area contributed by atoms with E-state index in [2.05, 4.69) is 20.6 Å². The van der Waals surface area contributed by atoms with Crippen LogP contribution in [0.4, 0.5) is 49.5 Å². The number of carbonyl (C=O) groups is 1. The summed E-state index contributed by atoms with van der Waals surface area (Å²) in [5.74, 6) is -11.9. The molecule has 2 saturated heterocycles. The third-order valence-electron chi connectivity index (χ3n) is 8.98. The lowest BCUT2D eigenvalue weighted by Crippen LogP contribution is -2.63. The minimum absolute atomic E-state index is 0.0279. The second-order valence-corrected chi connectivity index (χ2v) is 12.9. The van der Waals surface area contributed by atoms with Gasteiger partial charge in [0.25, 0.3) is 11.8 Å². The lowest BCUT2D eigenvalue weighted by Gasteiger charge is -2.44. The number of carbonyl (C=O) groups excluding carboxylic acids is 1. The van der Waals surface area contributed by atoms with Crippen LogP contribution in [-0.2, 0) is 9.53 Å². The first-order chi connectivity index (χ1) is 21.2. The van der Waals surface area contributed by atoms with Gasteiger partial charge in [0, 0.05) is 43.5 Å². The molecule has 4 aliphatic heterocycles. The predicted octanol–water partition coefficient (Wildman–Crippen LogP) is 4.96. The van der Waals surface area contributed by atoms with Crippen molar-refractivity contribution >= 4 is 46.3 Å². The number of halogens is 7. The first-order valence-corrected chi connectivity index (χ1v) is 15.0. The molecule has 0 radical (unpaired) electrons. The normalized spacial score (nSPS) is 26.5. The smallest absolute Gasteiger partial charge is 0.301 e.